The van der Waals surface area contributed by atoms with Crippen LogP contribution in [0, 0.1) is 0 Å². The molecule has 20 heavy (non-hydrogen) atoms. The van der Waals surface area contributed by atoms with Crippen LogP contribution in [-0.4, -0.2) is 43.4 Å². The van der Waals surface area contributed by atoms with Gasteiger partial charge in [0, 0.05) is 26.2 Å². The molecule has 1 saturated carbocycles. The molecule has 1 aromatic rings. The number of aliphatic hydroxyl groups is 1. The molecule has 3 nitrogen and oxygen atoms in total. The highest BCUT2D eigenvalue weighted by Gasteiger charge is 2.38. The lowest BCUT2D eigenvalue weighted by molar-refractivity contribution is -0.0277. The third-order valence-corrected chi connectivity index (χ3v) is 2.86. The van der Waals surface area contributed by atoms with E-state index in [-0.39, 0.29) is 0 Å². The highest BCUT2D eigenvalue weighted by molar-refractivity contribution is 5.31. The first-order valence-electron chi connectivity index (χ1n) is 13.0. The van der Waals surface area contributed by atoms with Crippen molar-refractivity contribution in [2.24, 2.45) is 0 Å². The number of nitrogens with zero attached hydrogens (tertiary/aromatic N) is 1. The molecule has 1 atom stereocenters. The Bertz CT molecular complexity index is 918. The van der Waals surface area contributed by atoms with Crippen LogP contribution in [-0.2, 0) is 0 Å². The SMILES string of the molecule is [2H]c1c([2H])c(C(CN(C)C)C2(O)C([2H])([2H])C([2H])([2H])C([2H])([2H])C([2H])([2H])C2([2H])[2H])c([2H])c([2H])c1OC. The molecule has 3 heteroatoms. The maximum absolute atomic E-state index is 11.8. The van der Waals surface area contributed by atoms with Crippen LogP contribution < -0.4 is 4.74 Å². The monoisotopic (exact) mass is 291 g/mol. The van der Waals surface area contributed by atoms with Crippen LogP contribution in [0.15, 0.2) is 24.2 Å². The van der Waals surface area contributed by atoms with Gasteiger partial charge in [0.1, 0.15) is 5.75 Å². The zero-order valence-electron chi connectivity index (χ0n) is 25.6. The van der Waals surface area contributed by atoms with E-state index in [1.165, 1.54) is 19.0 Å². The number of benzene rings is 1. The molecule has 0 spiro atoms. The molecule has 1 aromatic carbocycles. The van der Waals surface area contributed by atoms with Gasteiger partial charge in [-0.15, -0.1) is 0 Å². The quantitative estimate of drug-likeness (QED) is 0.905. The largest absolute Gasteiger partial charge is 0.497 e. The molecule has 1 fully saturated rings. The van der Waals surface area contributed by atoms with Crippen molar-refractivity contribution in [3.05, 3.63) is 29.7 Å². The molecule has 0 radical (unpaired) electrons. The second-order valence-corrected chi connectivity index (χ2v) is 4.65. The standard InChI is InChI=1S/C17H27NO2/c1-18(2)13-16(17(19)11-5-4-6-12-17)14-7-9-15(20-3)10-8-14/h7-10,16,19H,4-6,11-13H2,1-3H3/i4D2,5D2,6D2,7D,8D,9D,10D,11D2,12D2. The Morgan fingerprint density at radius 2 is 1.90 bits per heavy atom. The zero-order chi connectivity index (χ0) is 27.0. The maximum atomic E-state index is 11.8. The van der Waals surface area contributed by atoms with Gasteiger partial charge in [-0.3, -0.25) is 0 Å². The van der Waals surface area contributed by atoms with Crippen LogP contribution in [0.25, 0.3) is 0 Å². The first-order chi connectivity index (χ1) is 15.0. The summed E-state index contributed by atoms with van der Waals surface area (Å²) in [6.45, 7) is -0.562. The second kappa shape index (κ2) is 6.59. The van der Waals surface area contributed by atoms with Crippen molar-refractivity contribution >= 4 is 0 Å². The lowest BCUT2D eigenvalue weighted by Gasteiger charge is -2.40. The number of likely N-dealkylation sites (N-methyl/N-ethyl adjacent to an activating group) is 1. The Hall–Kier alpha value is -1.06. The van der Waals surface area contributed by atoms with E-state index in [4.69, 9.17) is 23.9 Å². The summed E-state index contributed by atoms with van der Waals surface area (Å²) in [5, 5.41) is 11.8. The molecule has 112 valence electrons. The highest BCUT2D eigenvalue weighted by atomic mass is 16.5. The van der Waals surface area contributed by atoms with Crippen molar-refractivity contribution in [2.45, 2.75) is 43.4 Å². The summed E-state index contributed by atoms with van der Waals surface area (Å²) in [5.74, 6) is -2.54. The third kappa shape index (κ3) is 3.53. The van der Waals surface area contributed by atoms with E-state index in [1.807, 2.05) is 0 Å². The fraction of sp³-hybridized carbons (Fsp3) is 0.647. The number of hydrogen-bond acceptors (Lipinski definition) is 3. The molecule has 0 saturated heterocycles. The van der Waals surface area contributed by atoms with Gasteiger partial charge in [-0.05, 0) is 44.5 Å². The summed E-state index contributed by atoms with van der Waals surface area (Å²) in [4.78, 5) is 1.29. The molecule has 1 aliphatic carbocycles. The lowest BCUT2D eigenvalue weighted by atomic mass is 9.72. The molecule has 2 rings (SSSR count). The topological polar surface area (TPSA) is 32.7 Å². The molecular weight excluding hydrogens is 250 g/mol. The maximum Gasteiger partial charge on any atom is 0.118 e. The molecule has 0 heterocycles. The van der Waals surface area contributed by atoms with Crippen molar-refractivity contribution in [2.75, 3.05) is 27.7 Å². The average molecular weight is 291 g/mol. The predicted octanol–water partition coefficient (Wildman–Crippen LogP) is 3.04. The van der Waals surface area contributed by atoms with Gasteiger partial charge >= 0.3 is 0 Å². The minimum atomic E-state index is -3.82. The van der Waals surface area contributed by atoms with Crippen molar-refractivity contribution in [1.29, 1.82) is 0 Å². The van der Waals surface area contributed by atoms with E-state index in [1.54, 1.807) is 0 Å². The van der Waals surface area contributed by atoms with Crippen LogP contribution in [0.3, 0.4) is 0 Å². The first kappa shape index (κ1) is 5.29. The smallest absolute Gasteiger partial charge is 0.118 e. The van der Waals surface area contributed by atoms with E-state index in [2.05, 4.69) is 0 Å². The Balaban J connectivity index is 3.11. The Morgan fingerprint density at radius 3 is 2.40 bits per heavy atom. The van der Waals surface area contributed by atoms with Gasteiger partial charge in [-0.25, -0.2) is 0 Å². The van der Waals surface area contributed by atoms with Gasteiger partial charge in [0.05, 0.1) is 18.2 Å². The van der Waals surface area contributed by atoms with Crippen LogP contribution in [0.1, 0.15) is 62.5 Å². The minimum absolute atomic E-state index is 0.467. The van der Waals surface area contributed by atoms with Crippen LogP contribution in [0.5, 0.6) is 5.75 Å². The summed E-state index contributed by atoms with van der Waals surface area (Å²) in [6, 6.07) is -3.08. The Morgan fingerprint density at radius 1 is 1.30 bits per heavy atom. The van der Waals surface area contributed by atoms with Gasteiger partial charge in [0.25, 0.3) is 0 Å². The van der Waals surface area contributed by atoms with Crippen molar-refractivity contribution in [3.63, 3.8) is 0 Å². The summed E-state index contributed by atoms with van der Waals surface area (Å²) < 4.78 is 120. The molecule has 1 N–H and O–H groups in total. The summed E-state index contributed by atoms with van der Waals surface area (Å²) in [5.41, 5.74) is -4.39. The van der Waals surface area contributed by atoms with E-state index >= 15 is 0 Å². The molecule has 0 bridgehead atoms. The second-order valence-electron chi connectivity index (χ2n) is 4.65. The van der Waals surface area contributed by atoms with Crippen molar-refractivity contribution in [1.82, 2.24) is 4.90 Å². The fourth-order valence-corrected chi connectivity index (χ4v) is 1.87. The summed E-state index contributed by atoms with van der Waals surface area (Å²) in [6.07, 6.45) is -19.0. The normalized spacial score (nSPS) is 42.6. The van der Waals surface area contributed by atoms with E-state index in [0.717, 1.165) is 7.11 Å². The number of rotatable bonds is 5. The van der Waals surface area contributed by atoms with Gasteiger partial charge in [-0.2, -0.15) is 0 Å². The van der Waals surface area contributed by atoms with Gasteiger partial charge < -0.3 is 14.7 Å². The van der Waals surface area contributed by atoms with Crippen molar-refractivity contribution < 1.29 is 29.0 Å². The van der Waals surface area contributed by atoms with Crippen molar-refractivity contribution in [3.8, 4) is 5.75 Å². The lowest BCUT2D eigenvalue weighted by Crippen LogP contribution is -2.42. The Kier molecular flexibility index (Phi) is 1.74. The summed E-state index contributed by atoms with van der Waals surface area (Å²) in [7, 11) is 3.91. The Labute approximate surface area is 142 Å². The third-order valence-electron chi connectivity index (χ3n) is 2.86. The fourth-order valence-electron chi connectivity index (χ4n) is 1.87. The van der Waals surface area contributed by atoms with Gasteiger partial charge in [-0.1, -0.05) is 31.2 Å². The van der Waals surface area contributed by atoms with Crippen LogP contribution in [0.2, 0.25) is 0 Å². The molecule has 1 unspecified atom stereocenters. The highest BCUT2D eigenvalue weighted by Crippen LogP contribution is 2.40. The molecule has 0 aromatic heterocycles. The number of hydrogen-bond donors (Lipinski definition) is 1. The molecule has 0 aliphatic heterocycles. The first-order valence-corrected chi connectivity index (χ1v) is 6.03. The van der Waals surface area contributed by atoms with E-state index in [9.17, 15) is 5.11 Å². The minimum Gasteiger partial charge on any atom is -0.497 e. The van der Waals surface area contributed by atoms with Gasteiger partial charge in [0.15, 0.2) is 0 Å². The summed E-state index contributed by atoms with van der Waals surface area (Å²) >= 11 is 0. The zero-order valence-corrected chi connectivity index (χ0v) is 11.6. The average Bonchev–Trinajstić information content (AvgIpc) is 2.69. The van der Waals surface area contributed by atoms with Gasteiger partial charge in [0.2, 0.25) is 0 Å². The molecule has 0 amide bonds. The van der Waals surface area contributed by atoms with E-state index < -0.39 is 85.4 Å². The predicted molar refractivity (Wildman–Crippen MR) is 82.3 cm³/mol. The number of ether oxygens (including phenoxy) is 1. The van der Waals surface area contributed by atoms with E-state index in [0.29, 0.717) is 0 Å². The van der Waals surface area contributed by atoms with Crippen LogP contribution >= 0.6 is 0 Å². The molecule has 1 aliphatic rings. The van der Waals surface area contributed by atoms with Crippen LogP contribution in [0.4, 0.5) is 0 Å². The molecular formula is C17H27NO2. The number of methoxy groups -OCH3 is 1.